The highest BCUT2D eigenvalue weighted by Crippen LogP contribution is 2.26. The number of rotatable bonds is 8. The van der Waals surface area contributed by atoms with Gasteiger partial charge in [-0.2, -0.15) is 0 Å². The fourth-order valence-electron chi connectivity index (χ4n) is 4.06. The highest BCUT2D eigenvalue weighted by molar-refractivity contribution is 5.98. The molecule has 7 heteroatoms. The van der Waals surface area contributed by atoms with Crippen LogP contribution in [0.3, 0.4) is 0 Å². The summed E-state index contributed by atoms with van der Waals surface area (Å²) in [6.45, 7) is 2.90. The van der Waals surface area contributed by atoms with Gasteiger partial charge < -0.3 is 21.1 Å². The molecule has 1 aliphatic carbocycles. The first-order valence-corrected chi connectivity index (χ1v) is 10.2. The molecule has 28 heavy (non-hydrogen) atoms. The van der Waals surface area contributed by atoms with E-state index in [-0.39, 0.29) is 17.9 Å². The van der Waals surface area contributed by atoms with Crippen LogP contribution in [-0.4, -0.2) is 41.5 Å². The van der Waals surface area contributed by atoms with Crippen molar-refractivity contribution >= 4 is 23.5 Å². The van der Waals surface area contributed by atoms with Crippen LogP contribution >= 0.6 is 0 Å². The molecule has 0 aromatic heterocycles. The second kappa shape index (κ2) is 9.08. The molecular formula is C21H29N3O4. The first-order chi connectivity index (χ1) is 13.5. The number of benzene rings is 1. The van der Waals surface area contributed by atoms with Gasteiger partial charge in [0.1, 0.15) is 6.04 Å². The molecule has 152 valence electrons. The Morgan fingerprint density at radius 2 is 2.11 bits per heavy atom. The van der Waals surface area contributed by atoms with E-state index in [2.05, 4.69) is 16.0 Å². The summed E-state index contributed by atoms with van der Waals surface area (Å²) in [5.74, 6) is -2.00. The third-order valence-corrected chi connectivity index (χ3v) is 5.71. The zero-order chi connectivity index (χ0) is 20.1. The normalized spacial score (nSPS) is 21.5. The number of nitrogens with one attached hydrogen (secondary N) is 3. The second-order valence-electron chi connectivity index (χ2n) is 7.71. The number of anilines is 1. The van der Waals surface area contributed by atoms with Crippen molar-refractivity contribution < 1.29 is 19.5 Å². The average Bonchev–Trinajstić information content (AvgIpc) is 3.33. The maximum atomic E-state index is 12.8. The lowest BCUT2D eigenvalue weighted by atomic mass is 10.0. The Kier molecular flexibility index (Phi) is 6.54. The number of carboxylic acid groups (broad SMARTS) is 1. The summed E-state index contributed by atoms with van der Waals surface area (Å²) in [5, 5.41) is 18.3. The molecule has 3 rings (SSSR count). The second-order valence-corrected chi connectivity index (χ2v) is 7.71. The van der Waals surface area contributed by atoms with Gasteiger partial charge in [-0.25, -0.2) is 0 Å². The van der Waals surface area contributed by atoms with Gasteiger partial charge in [-0.15, -0.1) is 0 Å². The Labute approximate surface area is 165 Å². The predicted molar refractivity (Wildman–Crippen MR) is 106 cm³/mol. The zero-order valence-electron chi connectivity index (χ0n) is 16.3. The Morgan fingerprint density at radius 3 is 2.86 bits per heavy atom. The first kappa shape index (κ1) is 20.2. The van der Waals surface area contributed by atoms with Crippen molar-refractivity contribution in [2.24, 2.45) is 5.92 Å². The van der Waals surface area contributed by atoms with Crippen LogP contribution in [0.15, 0.2) is 18.2 Å². The Hall–Kier alpha value is -2.57. The van der Waals surface area contributed by atoms with E-state index in [9.17, 15) is 19.5 Å². The lowest BCUT2D eigenvalue weighted by Gasteiger charge is -2.23. The van der Waals surface area contributed by atoms with Crippen molar-refractivity contribution in [1.29, 1.82) is 0 Å². The predicted octanol–water partition coefficient (Wildman–Crippen LogP) is 2.31. The lowest BCUT2D eigenvalue weighted by molar-refractivity contribution is -0.142. The number of fused-ring (bicyclic) bond motifs is 1. The van der Waals surface area contributed by atoms with Gasteiger partial charge in [0.25, 0.3) is 5.91 Å². The zero-order valence-corrected chi connectivity index (χ0v) is 16.3. The summed E-state index contributed by atoms with van der Waals surface area (Å²) in [4.78, 5) is 36.9. The Balaban J connectivity index is 1.66. The van der Waals surface area contributed by atoms with E-state index in [1.807, 2.05) is 19.1 Å². The molecule has 1 heterocycles. The molecule has 1 aromatic carbocycles. The van der Waals surface area contributed by atoms with Crippen molar-refractivity contribution in [3.8, 4) is 0 Å². The number of carboxylic acids is 1. The molecule has 2 amide bonds. The molecule has 1 fully saturated rings. The highest BCUT2D eigenvalue weighted by Gasteiger charge is 2.35. The highest BCUT2D eigenvalue weighted by atomic mass is 16.4. The molecule has 0 radical (unpaired) electrons. The summed E-state index contributed by atoms with van der Waals surface area (Å²) < 4.78 is 0. The summed E-state index contributed by atoms with van der Waals surface area (Å²) in [6.07, 6.45) is 5.21. The summed E-state index contributed by atoms with van der Waals surface area (Å²) in [7, 11) is 0. The minimum Gasteiger partial charge on any atom is -0.481 e. The van der Waals surface area contributed by atoms with Gasteiger partial charge in [-0.3, -0.25) is 14.4 Å². The molecule has 0 bridgehead atoms. The van der Waals surface area contributed by atoms with Crippen LogP contribution in [0.25, 0.3) is 0 Å². The van der Waals surface area contributed by atoms with Gasteiger partial charge in [0, 0.05) is 23.8 Å². The van der Waals surface area contributed by atoms with Gasteiger partial charge >= 0.3 is 5.97 Å². The molecular weight excluding hydrogens is 358 g/mol. The minimum atomic E-state index is -0.873. The van der Waals surface area contributed by atoms with Crippen molar-refractivity contribution in [2.45, 2.75) is 64.0 Å². The summed E-state index contributed by atoms with van der Waals surface area (Å²) in [6, 6.07) is 4.53. The summed E-state index contributed by atoms with van der Waals surface area (Å²) in [5.41, 5.74) is 2.68. The van der Waals surface area contributed by atoms with E-state index in [0.717, 1.165) is 37.9 Å². The van der Waals surface area contributed by atoms with Crippen LogP contribution in [0, 0.1) is 5.92 Å². The molecule has 1 aliphatic heterocycles. The van der Waals surface area contributed by atoms with Crippen LogP contribution in [-0.2, 0) is 16.0 Å². The fourth-order valence-corrected chi connectivity index (χ4v) is 4.06. The van der Waals surface area contributed by atoms with Crippen molar-refractivity contribution in [3.63, 3.8) is 0 Å². The Bertz CT molecular complexity index is 749. The number of carbonyl (C=O) groups excluding carboxylic acids is 2. The van der Waals surface area contributed by atoms with E-state index in [0.29, 0.717) is 24.8 Å². The number of unbranched alkanes of at least 4 members (excludes halogenated alkanes) is 1. The van der Waals surface area contributed by atoms with Gasteiger partial charge in [-0.1, -0.05) is 32.3 Å². The molecule has 7 nitrogen and oxygen atoms in total. The number of hydrogen-bond donors (Lipinski definition) is 4. The number of aliphatic carboxylic acids is 1. The number of hydrogen-bond acceptors (Lipinski definition) is 4. The molecule has 0 unspecified atom stereocenters. The lowest BCUT2D eigenvalue weighted by Crippen LogP contribution is -2.51. The number of amides is 2. The standard InChI is InChI=1S/C21H29N3O4/c1-2-3-6-17(20(26)23-16-7-4-5-15(16)21(27)28)24-19(25)14-9-8-13-10-11-22-18(13)12-14/h8-9,12,15-17,22H,2-7,10-11H2,1H3,(H,23,26)(H,24,25)(H,27,28)/t15-,16+,17+/m1/s1. The maximum Gasteiger partial charge on any atom is 0.308 e. The van der Waals surface area contributed by atoms with Gasteiger partial charge in [-0.05, 0) is 43.4 Å². The van der Waals surface area contributed by atoms with Crippen molar-refractivity contribution in [3.05, 3.63) is 29.3 Å². The summed E-state index contributed by atoms with van der Waals surface area (Å²) >= 11 is 0. The quantitative estimate of drug-likeness (QED) is 0.548. The topological polar surface area (TPSA) is 108 Å². The first-order valence-electron chi connectivity index (χ1n) is 10.2. The molecule has 0 saturated heterocycles. The van der Waals surface area contributed by atoms with E-state index in [4.69, 9.17) is 0 Å². The molecule has 1 aromatic rings. The van der Waals surface area contributed by atoms with Crippen LogP contribution in [0.2, 0.25) is 0 Å². The number of carbonyl (C=O) groups is 3. The maximum absolute atomic E-state index is 12.8. The van der Waals surface area contributed by atoms with E-state index >= 15 is 0 Å². The monoisotopic (exact) mass is 387 g/mol. The van der Waals surface area contributed by atoms with Crippen LogP contribution in [0.5, 0.6) is 0 Å². The van der Waals surface area contributed by atoms with Gasteiger partial charge in [0.2, 0.25) is 5.91 Å². The van der Waals surface area contributed by atoms with Crippen LogP contribution in [0.1, 0.15) is 61.4 Å². The molecule has 0 spiro atoms. The minimum absolute atomic E-state index is 0.283. The third-order valence-electron chi connectivity index (χ3n) is 5.71. The largest absolute Gasteiger partial charge is 0.481 e. The fraction of sp³-hybridized carbons (Fsp3) is 0.571. The molecule has 3 atom stereocenters. The van der Waals surface area contributed by atoms with Crippen molar-refractivity contribution in [2.75, 3.05) is 11.9 Å². The third kappa shape index (κ3) is 4.64. The molecule has 4 N–H and O–H groups in total. The molecule has 2 aliphatic rings. The van der Waals surface area contributed by atoms with E-state index in [1.54, 1.807) is 6.07 Å². The van der Waals surface area contributed by atoms with Crippen LogP contribution < -0.4 is 16.0 Å². The molecule has 1 saturated carbocycles. The van der Waals surface area contributed by atoms with Gasteiger partial charge in [0.05, 0.1) is 5.92 Å². The van der Waals surface area contributed by atoms with Crippen LogP contribution in [0.4, 0.5) is 5.69 Å². The van der Waals surface area contributed by atoms with Gasteiger partial charge in [0.15, 0.2) is 0 Å². The SMILES string of the molecule is CCCC[C@H](NC(=O)c1ccc2c(c1)NCC2)C(=O)N[C@H]1CCC[C@H]1C(=O)O. The van der Waals surface area contributed by atoms with E-state index < -0.39 is 17.9 Å². The van der Waals surface area contributed by atoms with E-state index in [1.165, 1.54) is 5.56 Å². The Morgan fingerprint density at radius 1 is 1.29 bits per heavy atom. The van der Waals surface area contributed by atoms with Crippen molar-refractivity contribution in [1.82, 2.24) is 10.6 Å². The smallest absolute Gasteiger partial charge is 0.308 e. The average molecular weight is 387 g/mol.